The molecule has 3 heterocycles. The second kappa shape index (κ2) is 7.85. The summed E-state index contributed by atoms with van der Waals surface area (Å²) >= 11 is 1.21. The summed E-state index contributed by atoms with van der Waals surface area (Å²) in [5.41, 5.74) is -0.451. The van der Waals surface area contributed by atoms with Crippen LogP contribution in [-0.2, 0) is 13.1 Å². The molecule has 0 bridgehead atoms. The number of aromatic nitrogens is 2. The van der Waals surface area contributed by atoms with Crippen molar-refractivity contribution in [3.05, 3.63) is 31.3 Å². The Hall–Kier alpha value is -2.30. The number of halogens is 3. The van der Waals surface area contributed by atoms with E-state index in [0.29, 0.717) is 22.3 Å². The van der Waals surface area contributed by atoms with Crippen molar-refractivity contribution >= 4 is 27.5 Å². The molecule has 1 aliphatic heterocycles. The molecule has 0 spiro atoms. The van der Waals surface area contributed by atoms with E-state index in [2.05, 4.69) is 10.3 Å². The van der Waals surface area contributed by atoms with Crippen LogP contribution in [0.2, 0.25) is 0 Å². The first-order chi connectivity index (χ1) is 13.5. The number of aryl methyl sites for hydroxylation is 2. The third kappa shape index (κ3) is 4.05. The van der Waals surface area contributed by atoms with E-state index >= 15 is 0 Å². The van der Waals surface area contributed by atoms with Crippen molar-refractivity contribution in [3.8, 4) is 0 Å². The minimum atomic E-state index is -4.40. The molecular weight excluding hydrogens is 407 g/mol. The zero-order chi connectivity index (χ0) is 21.5. The summed E-state index contributed by atoms with van der Waals surface area (Å²) in [5.74, 6) is 0.732. The molecule has 3 rings (SSSR count). The minimum Gasteiger partial charge on any atom is -0.354 e. The van der Waals surface area contributed by atoms with Crippen LogP contribution in [0.4, 0.5) is 13.2 Å². The molecule has 0 radical (unpaired) electrons. The second-order valence-corrected chi connectivity index (χ2v) is 8.38. The largest absolute Gasteiger partial charge is 0.390 e. The number of guanidine groups is 1. The summed E-state index contributed by atoms with van der Waals surface area (Å²) in [7, 11) is 1.68. The van der Waals surface area contributed by atoms with E-state index in [4.69, 9.17) is 0 Å². The average molecular weight is 431 g/mol. The Morgan fingerprint density at radius 2 is 1.97 bits per heavy atom. The highest BCUT2D eigenvalue weighted by Gasteiger charge is 2.29. The van der Waals surface area contributed by atoms with Gasteiger partial charge in [-0.2, -0.15) is 13.2 Å². The zero-order valence-electron chi connectivity index (χ0n) is 16.8. The van der Waals surface area contributed by atoms with Crippen molar-refractivity contribution in [3.63, 3.8) is 0 Å². The van der Waals surface area contributed by atoms with Crippen molar-refractivity contribution in [1.82, 2.24) is 19.4 Å². The van der Waals surface area contributed by atoms with Gasteiger partial charge in [0.25, 0.3) is 5.56 Å². The van der Waals surface area contributed by atoms with E-state index in [-0.39, 0.29) is 0 Å². The monoisotopic (exact) mass is 431 g/mol. The van der Waals surface area contributed by atoms with Crippen LogP contribution in [0.15, 0.2) is 14.6 Å². The van der Waals surface area contributed by atoms with Crippen molar-refractivity contribution < 1.29 is 13.2 Å². The van der Waals surface area contributed by atoms with E-state index in [0.717, 1.165) is 33.1 Å². The molecule has 29 heavy (non-hydrogen) atoms. The Kier molecular flexibility index (Phi) is 5.79. The maximum Gasteiger partial charge on any atom is 0.390 e. The molecule has 1 saturated heterocycles. The van der Waals surface area contributed by atoms with Crippen LogP contribution >= 0.6 is 11.3 Å². The van der Waals surface area contributed by atoms with Gasteiger partial charge in [0, 0.05) is 37.6 Å². The number of hydrogen-bond donors (Lipinski definition) is 1. The lowest BCUT2D eigenvalue weighted by Gasteiger charge is -2.16. The maximum atomic E-state index is 13.0. The van der Waals surface area contributed by atoms with Gasteiger partial charge in [-0.15, -0.1) is 11.3 Å². The van der Waals surface area contributed by atoms with Gasteiger partial charge >= 0.3 is 11.9 Å². The summed E-state index contributed by atoms with van der Waals surface area (Å²) in [5, 5.41) is 3.48. The van der Waals surface area contributed by atoms with Gasteiger partial charge in [-0.25, -0.2) is 4.79 Å². The third-order valence-electron chi connectivity index (χ3n) is 4.99. The zero-order valence-corrected chi connectivity index (χ0v) is 17.6. The highest BCUT2D eigenvalue weighted by atomic mass is 32.1. The summed E-state index contributed by atoms with van der Waals surface area (Å²) in [4.78, 5) is 33.2. The van der Waals surface area contributed by atoms with Gasteiger partial charge in [0.05, 0.1) is 18.4 Å². The van der Waals surface area contributed by atoms with Gasteiger partial charge in [0.1, 0.15) is 4.83 Å². The van der Waals surface area contributed by atoms with E-state index in [1.165, 1.54) is 11.3 Å². The Balaban J connectivity index is 2.18. The fraction of sp³-hybridized carbons (Fsp3) is 0.611. The second-order valence-electron chi connectivity index (χ2n) is 7.29. The minimum absolute atomic E-state index is 0.302. The van der Waals surface area contributed by atoms with Crippen LogP contribution < -0.4 is 16.6 Å². The topological polar surface area (TPSA) is 71.6 Å². The third-order valence-corrected chi connectivity index (χ3v) is 6.29. The Bertz CT molecular complexity index is 1060. The number of hydrogen-bond acceptors (Lipinski definition) is 4. The molecule has 1 aliphatic rings. The van der Waals surface area contributed by atoms with E-state index in [9.17, 15) is 22.8 Å². The van der Waals surface area contributed by atoms with Crippen LogP contribution in [0, 0.1) is 6.92 Å². The number of rotatable bonds is 5. The first-order valence-electron chi connectivity index (χ1n) is 9.34. The van der Waals surface area contributed by atoms with Gasteiger partial charge in [-0.1, -0.05) is 0 Å². The molecule has 0 saturated carbocycles. The highest BCUT2D eigenvalue weighted by Crippen LogP contribution is 2.30. The molecule has 11 heteroatoms. The van der Waals surface area contributed by atoms with Crippen LogP contribution in [0.1, 0.15) is 36.8 Å². The standard InChI is InChI=1S/C18H24F3N5O2S/c1-10(2)26-14(27)13-11(3)12(9-24-8-6-23-16(24)22-4)29-15(13)25(17(26)28)7-5-18(19,20)21/h10H,5-9H2,1-4H3,(H,22,23). The smallest absolute Gasteiger partial charge is 0.354 e. The summed E-state index contributed by atoms with van der Waals surface area (Å²) in [6, 6.07) is -0.458. The Labute approximate surface area is 169 Å². The van der Waals surface area contributed by atoms with E-state index < -0.39 is 36.4 Å². The van der Waals surface area contributed by atoms with Crippen molar-refractivity contribution in [2.45, 2.75) is 52.5 Å². The number of thiophene rings is 1. The number of nitrogens with one attached hydrogen (secondary N) is 1. The van der Waals surface area contributed by atoms with Crippen LogP contribution in [0.5, 0.6) is 0 Å². The van der Waals surface area contributed by atoms with Crippen LogP contribution in [0.3, 0.4) is 0 Å². The quantitative estimate of drug-likeness (QED) is 0.790. The molecular formula is C18H24F3N5O2S. The predicted molar refractivity (Wildman–Crippen MR) is 108 cm³/mol. The van der Waals surface area contributed by atoms with Gasteiger partial charge in [-0.3, -0.25) is 18.9 Å². The highest BCUT2D eigenvalue weighted by molar-refractivity contribution is 7.18. The van der Waals surface area contributed by atoms with Crippen molar-refractivity contribution in [2.24, 2.45) is 4.99 Å². The van der Waals surface area contributed by atoms with Crippen molar-refractivity contribution in [2.75, 3.05) is 20.1 Å². The summed E-state index contributed by atoms with van der Waals surface area (Å²) in [6.45, 7) is 6.56. The molecule has 0 aromatic carbocycles. The molecule has 1 fully saturated rings. The average Bonchev–Trinajstić information content (AvgIpc) is 3.18. The van der Waals surface area contributed by atoms with Gasteiger partial charge in [-0.05, 0) is 26.3 Å². The summed E-state index contributed by atoms with van der Waals surface area (Å²) < 4.78 is 40.7. The maximum absolute atomic E-state index is 13.0. The molecule has 0 atom stereocenters. The number of aliphatic imine (C=N–C) groups is 1. The fourth-order valence-corrected chi connectivity index (χ4v) is 4.85. The van der Waals surface area contributed by atoms with Gasteiger partial charge in [0.2, 0.25) is 0 Å². The predicted octanol–water partition coefficient (Wildman–Crippen LogP) is 2.46. The number of nitrogens with zero attached hydrogens (tertiary/aromatic N) is 4. The Morgan fingerprint density at radius 1 is 1.28 bits per heavy atom. The lowest BCUT2D eigenvalue weighted by Crippen LogP contribution is -2.41. The van der Waals surface area contributed by atoms with E-state index in [1.54, 1.807) is 27.8 Å². The fourth-order valence-electron chi connectivity index (χ4n) is 3.52. The van der Waals surface area contributed by atoms with Gasteiger partial charge < -0.3 is 10.2 Å². The molecule has 7 nitrogen and oxygen atoms in total. The molecule has 0 amide bonds. The lowest BCUT2D eigenvalue weighted by atomic mass is 10.2. The first-order valence-corrected chi connectivity index (χ1v) is 10.2. The normalized spacial score (nSPS) is 16.4. The lowest BCUT2D eigenvalue weighted by molar-refractivity contribution is -0.136. The SMILES string of the molecule is CN=C1NCCN1Cc1sc2c(c1C)c(=O)n(C(C)C)c(=O)n2CCC(F)(F)F. The molecule has 1 N–H and O–H groups in total. The number of fused-ring (bicyclic) bond motifs is 1. The molecule has 0 unspecified atom stereocenters. The van der Waals surface area contributed by atoms with Crippen molar-refractivity contribution in [1.29, 1.82) is 0 Å². The molecule has 160 valence electrons. The van der Waals surface area contributed by atoms with Crippen LogP contribution in [-0.4, -0.2) is 46.3 Å². The Morgan fingerprint density at radius 3 is 2.55 bits per heavy atom. The van der Waals surface area contributed by atoms with Gasteiger partial charge in [0.15, 0.2) is 5.96 Å². The summed E-state index contributed by atoms with van der Waals surface area (Å²) in [6.07, 6.45) is -5.53. The first kappa shape index (κ1) is 21.4. The number of alkyl halides is 3. The molecule has 2 aromatic rings. The molecule has 2 aromatic heterocycles. The van der Waals surface area contributed by atoms with Crippen LogP contribution in [0.25, 0.3) is 10.2 Å². The molecule has 0 aliphatic carbocycles. The van der Waals surface area contributed by atoms with E-state index in [1.807, 2.05) is 4.90 Å².